The molecule has 0 saturated heterocycles. The molecule has 0 fully saturated rings. The molecule has 0 unspecified atom stereocenters. The Kier molecular flexibility index (Phi) is 3.10. The molecule has 1 aromatic carbocycles. The van der Waals surface area contributed by atoms with Crippen LogP contribution in [0.3, 0.4) is 0 Å². The number of nitriles is 1. The first-order chi connectivity index (χ1) is 6.74. The molecule has 0 atom stereocenters. The molecule has 0 amide bonds. The summed E-state index contributed by atoms with van der Waals surface area (Å²) in [7, 11) is 0. The summed E-state index contributed by atoms with van der Waals surface area (Å²) in [6.07, 6.45) is 0.486. The molecule has 1 heterocycles. The molecule has 70 valence electrons. The molecule has 0 aliphatic heterocycles. The number of hydrogen-bond donors (Lipinski definition) is 0. The Morgan fingerprint density at radius 3 is 3.00 bits per heavy atom. The third-order valence-corrected chi connectivity index (χ3v) is 4.97. The third kappa shape index (κ3) is 1.69. The highest BCUT2D eigenvalue weighted by Crippen LogP contribution is 2.35. The average Bonchev–Trinajstić information content (AvgIpc) is 2.54. The van der Waals surface area contributed by atoms with E-state index in [2.05, 4.69) is 50.0 Å². The summed E-state index contributed by atoms with van der Waals surface area (Å²) in [5.74, 6) is 0. The van der Waals surface area contributed by atoms with Crippen LogP contribution >= 0.6 is 49.9 Å². The van der Waals surface area contributed by atoms with Crippen LogP contribution in [0.4, 0.5) is 0 Å². The molecule has 0 aliphatic carbocycles. The number of fused-ring (bicyclic) bond motifs is 1. The van der Waals surface area contributed by atoms with Crippen molar-refractivity contribution >= 4 is 59.9 Å². The minimum absolute atomic E-state index is 0.486. The van der Waals surface area contributed by atoms with Gasteiger partial charge in [-0.05, 0) is 34.2 Å². The zero-order chi connectivity index (χ0) is 10.1. The molecule has 0 N–H and O–H groups in total. The zero-order valence-electron chi connectivity index (χ0n) is 7.05. The Labute approximate surface area is 108 Å². The Balaban J connectivity index is 2.78. The minimum Gasteiger partial charge on any atom is -0.198 e. The highest BCUT2D eigenvalue weighted by atomic mass is 127. The standard InChI is InChI=1S/C10H5BrINS/c11-7-2-1-6(3-4-13)10-9(7)8(12)5-14-10/h1-2,5H,3H2. The van der Waals surface area contributed by atoms with E-state index in [-0.39, 0.29) is 0 Å². The van der Waals surface area contributed by atoms with Gasteiger partial charge in [-0.15, -0.1) is 11.3 Å². The van der Waals surface area contributed by atoms with E-state index < -0.39 is 0 Å². The topological polar surface area (TPSA) is 23.8 Å². The Bertz CT molecular complexity index is 527. The van der Waals surface area contributed by atoms with E-state index in [1.165, 1.54) is 13.7 Å². The lowest BCUT2D eigenvalue weighted by Gasteiger charge is -2.00. The fourth-order valence-electron chi connectivity index (χ4n) is 1.35. The van der Waals surface area contributed by atoms with Crippen LogP contribution in [0.1, 0.15) is 5.56 Å². The minimum atomic E-state index is 0.486. The van der Waals surface area contributed by atoms with Gasteiger partial charge in [0.25, 0.3) is 0 Å². The van der Waals surface area contributed by atoms with Crippen LogP contribution in [-0.4, -0.2) is 0 Å². The first-order valence-corrected chi connectivity index (χ1v) is 6.70. The highest BCUT2D eigenvalue weighted by Gasteiger charge is 2.09. The second-order valence-corrected chi connectivity index (χ2v) is 5.73. The molecule has 0 saturated carbocycles. The lowest BCUT2D eigenvalue weighted by molar-refractivity contribution is 1.29. The van der Waals surface area contributed by atoms with Crippen molar-refractivity contribution in [2.75, 3.05) is 0 Å². The molecule has 2 rings (SSSR count). The normalized spacial score (nSPS) is 10.4. The SMILES string of the molecule is N#CCc1ccc(Br)c2c(I)csc12. The molecule has 1 aromatic heterocycles. The van der Waals surface area contributed by atoms with Crippen LogP contribution in [-0.2, 0) is 6.42 Å². The summed E-state index contributed by atoms with van der Waals surface area (Å²) < 4.78 is 3.58. The molecule has 0 aliphatic rings. The first kappa shape index (κ1) is 10.4. The van der Waals surface area contributed by atoms with Gasteiger partial charge in [0.15, 0.2) is 0 Å². The summed E-state index contributed by atoms with van der Waals surface area (Å²) in [6.45, 7) is 0. The van der Waals surface area contributed by atoms with Gasteiger partial charge in [-0.25, -0.2) is 0 Å². The molecule has 0 radical (unpaired) electrons. The predicted molar refractivity (Wildman–Crippen MR) is 71.6 cm³/mol. The maximum atomic E-state index is 8.70. The summed E-state index contributed by atoms with van der Waals surface area (Å²) in [6, 6.07) is 6.23. The zero-order valence-corrected chi connectivity index (χ0v) is 11.6. The van der Waals surface area contributed by atoms with Crippen molar-refractivity contribution in [3.05, 3.63) is 31.1 Å². The number of rotatable bonds is 1. The van der Waals surface area contributed by atoms with E-state index in [1.54, 1.807) is 11.3 Å². The number of nitrogens with zero attached hydrogens (tertiary/aromatic N) is 1. The van der Waals surface area contributed by atoms with Gasteiger partial charge in [0, 0.05) is 23.5 Å². The van der Waals surface area contributed by atoms with E-state index >= 15 is 0 Å². The van der Waals surface area contributed by atoms with E-state index in [1.807, 2.05) is 12.1 Å². The van der Waals surface area contributed by atoms with E-state index in [4.69, 9.17) is 5.26 Å². The van der Waals surface area contributed by atoms with Crippen molar-refractivity contribution in [1.29, 1.82) is 5.26 Å². The number of benzene rings is 1. The molecular formula is C10H5BrINS. The summed E-state index contributed by atoms with van der Waals surface area (Å²) in [5, 5.41) is 12.1. The molecule has 2 aromatic rings. The van der Waals surface area contributed by atoms with Crippen LogP contribution in [0.2, 0.25) is 0 Å². The fourth-order valence-corrected chi connectivity index (χ4v) is 4.49. The molecule has 0 spiro atoms. The van der Waals surface area contributed by atoms with Crippen molar-refractivity contribution in [3.8, 4) is 6.07 Å². The Morgan fingerprint density at radius 2 is 2.29 bits per heavy atom. The number of hydrogen-bond acceptors (Lipinski definition) is 2. The van der Waals surface area contributed by atoms with Crippen molar-refractivity contribution in [2.24, 2.45) is 0 Å². The lowest BCUT2D eigenvalue weighted by atomic mass is 10.1. The van der Waals surface area contributed by atoms with Gasteiger partial charge in [-0.1, -0.05) is 22.0 Å². The van der Waals surface area contributed by atoms with E-state index in [0.29, 0.717) is 6.42 Å². The van der Waals surface area contributed by atoms with Gasteiger partial charge >= 0.3 is 0 Å². The Morgan fingerprint density at radius 1 is 1.50 bits per heavy atom. The largest absolute Gasteiger partial charge is 0.198 e. The van der Waals surface area contributed by atoms with Gasteiger partial charge < -0.3 is 0 Å². The van der Waals surface area contributed by atoms with Crippen LogP contribution in [0, 0.1) is 14.9 Å². The van der Waals surface area contributed by atoms with Gasteiger partial charge in [-0.2, -0.15) is 5.26 Å². The van der Waals surface area contributed by atoms with Gasteiger partial charge in [0.2, 0.25) is 0 Å². The van der Waals surface area contributed by atoms with Crippen LogP contribution < -0.4 is 0 Å². The van der Waals surface area contributed by atoms with Crippen LogP contribution in [0.25, 0.3) is 10.1 Å². The maximum absolute atomic E-state index is 8.70. The van der Waals surface area contributed by atoms with E-state index in [9.17, 15) is 0 Å². The van der Waals surface area contributed by atoms with Crippen molar-refractivity contribution in [3.63, 3.8) is 0 Å². The van der Waals surface area contributed by atoms with Crippen LogP contribution in [0.5, 0.6) is 0 Å². The first-order valence-electron chi connectivity index (χ1n) is 3.95. The summed E-state index contributed by atoms with van der Waals surface area (Å²) in [5.41, 5.74) is 1.12. The quantitative estimate of drug-likeness (QED) is 0.678. The molecule has 4 heteroatoms. The van der Waals surface area contributed by atoms with Crippen molar-refractivity contribution in [1.82, 2.24) is 0 Å². The monoisotopic (exact) mass is 377 g/mol. The average molecular weight is 378 g/mol. The molecular weight excluding hydrogens is 373 g/mol. The maximum Gasteiger partial charge on any atom is 0.0670 e. The number of halogens is 2. The number of thiophene rings is 1. The summed E-state index contributed by atoms with van der Waals surface area (Å²) >= 11 is 7.56. The van der Waals surface area contributed by atoms with Gasteiger partial charge in [0.05, 0.1) is 12.5 Å². The molecule has 14 heavy (non-hydrogen) atoms. The van der Waals surface area contributed by atoms with E-state index in [0.717, 1.165) is 10.0 Å². The second kappa shape index (κ2) is 4.17. The predicted octanol–water partition coefficient (Wildman–Crippen LogP) is 4.33. The van der Waals surface area contributed by atoms with Crippen LogP contribution in [0.15, 0.2) is 22.0 Å². The smallest absolute Gasteiger partial charge is 0.0670 e. The summed E-state index contributed by atoms with van der Waals surface area (Å²) in [4.78, 5) is 0. The van der Waals surface area contributed by atoms with Crippen molar-refractivity contribution in [2.45, 2.75) is 6.42 Å². The van der Waals surface area contributed by atoms with Gasteiger partial charge in [-0.3, -0.25) is 0 Å². The lowest BCUT2D eigenvalue weighted by Crippen LogP contribution is -1.82. The fraction of sp³-hybridized carbons (Fsp3) is 0.100. The molecule has 1 nitrogen and oxygen atoms in total. The van der Waals surface area contributed by atoms with Gasteiger partial charge in [0.1, 0.15) is 0 Å². The molecule has 0 bridgehead atoms. The highest BCUT2D eigenvalue weighted by molar-refractivity contribution is 14.1. The Hall–Kier alpha value is -0.120. The van der Waals surface area contributed by atoms with Crippen molar-refractivity contribution < 1.29 is 0 Å². The third-order valence-electron chi connectivity index (χ3n) is 1.98. The second-order valence-electron chi connectivity index (χ2n) is 2.83.